The predicted molar refractivity (Wildman–Crippen MR) is 62.2 cm³/mol. The Kier molecular flexibility index (Phi) is 7.33. The van der Waals surface area contributed by atoms with E-state index in [0.717, 1.165) is 12.8 Å². The minimum Gasteiger partial charge on any atom is -0.448 e. The number of carbonyl (C=O) groups is 2. The Hall–Kier alpha value is -1.26. The highest BCUT2D eigenvalue weighted by atomic mass is 16.6. The molecule has 0 aliphatic rings. The predicted octanol–water partition coefficient (Wildman–Crippen LogP) is 1.33. The van der Waals surface area contributed by atoms with Crippen LogP contribution in [-0.2, 0) is 9.53 Å². The zero-order valence-corrected chi connectivity index (χ0v) is 10.7. The van der Waals surface area contributed by atoms with E-state index in [9.17, 15) is 9.59 Å². The highest BCUT2D eigenvalue weighted by Gasteiger charge is 2.09. The van der Waals surface area contributed by atoms with E-state index in [4.69, 9.17) is 4.74 Å². The molecule has 2 amide bonds. The van der Waals surface area contributed by atoms with Gasteiger partial charge < -0.3 is 14.5 Å². The maximum absolute atomic E-state index is 11.4. The van der Waals surface area contributed by atoms with Gasteiger partial charge in [0.05, 0.1) is 6.54 Å². The van der Waals surface area contributed by atoms with Crippen LogP contribution in [0.25, 0.3) is 0 Å². The molecule has 0 spiro atoms. The summed E-state index contributed by atoms with van der Waals surface area (Å²) < 4.78 is 5.01. The summed E-state index contributed by atoms with van der Waals surface area (Å²) in [6.07, 6.45) is 1.69. The SMILES string of the molecule is CCCCN(C)C(=O)OCCN(C)C(C)=O. The van der Waals surface area contributed by atoms with Crippen molar-refractivity contribution in [3.8, 4) is 0 Å². The average Bonchev–Trinajstić information content (AvgIpc) is 2.25. The molecule has 0 aromatic carbocycles. The average molecular weight is 230 g/mol. The number of ether oxygens (including phenoxy) is 1. The van der Waals surface area contributed by atoms with Crippen LogP contribution in [0.5, 0.6) is 0 Å². The number of rotatable bonds is 6. The van der Waals surface area contributed by atoms with Crippen LogP contribution in [0, 0.1) is 0 Å². The molecule has 0 saturated carbocycles. The van der Waals surface area contributed by atoms with Crippen LogP contribution in [-0.4, -0.2) is 55.6 Å². The van der Waals surface area contributed by atoms with Crippen molar-refractivity contribution in [1.82, 2.24) is 9.80 Å². The molecule has 0 heterocycles. The maximum atomic E-state index is 11.4. The second kappa shape index (κ2) is 7.96. The van der Waals surface area contributed by atoms with Crippen molar-refractivity contribution in [1.29, 1.82) is 0 Å². The van der Waals surface area contributed by atoms with Crippen molar-refractivity contribution in [2.75, 3.05) is 33.8 Å². The van der Waals surface area contributed by atoms with E-state index < -0.39 is 0 Å². The van der Waals surface area contributed by atoms with Gasteiger partial charge in [-0.05, 0) is 6.42 Å². The van der Waals surface area contributed by atoms with Gasteiger partial charge in [0, 0.05) is 27.6 Å². The summed E-state index contributed by atoms with van der Waals surface area (Å²) in [7, 11) is 3.39. The van der Waals surface area contributed by atoms with E-state index in [1.165, 1.54) is 11.8 Å². The molecule has 5 heteroatoms. The zero-order chi connectivity index (χ0) is 12.6. The summed E-state index contributed by atoms with van der Waals surface area (Å²) in [5.41, 5.74) is 0. The molecule has 0 atom stereocenters. The van der Waals surface area contributed by atoms with E-state index in [-0.39, 0.29) is 18.6 Å². The fourth-order valence-corrected chi connectivity index (χ4v) is 1.02. The fourth-order valence-electron chi connectivity index (χ4n) is 1.02. The van der Waals surface area contributed by atoms with Gasteiger partial charge in [-0.2, -0.15) is 0 Å². The fraction of sp³-hybridized carbons (Fsp3) is 0.818. The lowest BCUT2D eigenvalue weighted by molar-refractivity contribution is -0.128. The van der Waals surface area contributed by atoms with Crippen LogP contribution in [0.4, 0.5) is 4.79 Å². The van der Waals surface area contributed by atoms with Crippen LogP contribution < -0.4 is 0 Å². The number of hydrogen-bond donors (Lipinski definition) is 0. The van der Waals surface area contributed by atoms with Gasteiger partial charge in [-0.15, -0.1) is 0 Å². The van der Waals surface area contributed by atoms with E-state index in [1.807, 2.05) is 0 Å². The molecule has 0 N–H and O–H groups in total. The van der Waals surface area contributed by atoms with Crippen molar-refractivity contribution in [2.45, 2.75) is 26.7 Å². The lowest BCUT2D eigenvalue weighted by atomic mass is 10.3. The van der Waals surface area contributed by atoms with Gasteiger partial charge in [-0.25, -0.2) is 4.79 Å². The first-order chi connectivity index (χ1) is 7.49. The van der Waals surface area contributed by atoms with Crippen LogP contribution in [0.3, 0.4) is 0 Å². The summed E-state index contributed by atoms with van der Waals surface area (Å²) in [4.78, 5) is 25.3. The molecular formula is C11H22N2O3. The molecular weight excluding hydrogens is 208 g/mol. The van der Waals surface area contributed by atoms with E-state index in [1.54, 1.807) is 19.0 Å². The van der Waals surface area contributed by atoms with Gasteiger partial charge in [-0.3, -0.25) is 4.79 Å². The topological polar surface area (TPSA) is 49.9 Å². The zero-order valence-electron chi connectivity index (χ0n) is 10.7. The van der Waals surface area contributed by atoms with E-state index in [2.05, 4.69) is 6.92 Å². The van der Waals surface area contributed by atoms with Gasteiger partial charge in [0.1, 0.15) is 6.61 Å². The summed E-state index contributed by atoms with van der Waals surface area (Å²) in [6, 6.07) is 0. The number of unbranched alkanes of at least 4 members (excludes halogenated alkanes) is 1. The number of carbonyl (C=O) groups excluding carboxylic acids is 2. The Bertz CT molecular complexity index is 231. The molecule has 0 aromatic heterocycles. The monoisotopic (exact) mass is 230 g/mol. The van der Waals surface area contributed by atoms with Gasteiger partial charge in [0.2, 0.25) is 5.91 Å². The molecule has 0 saturated heterocycles. The van der Waals surface area contributed by atoms with Crippen LogP contribution in [0.2, 0.25) is 0 Å². The minimum atomic E-state index is -0.328. The lowest BCUT2D eigenvalue weighted by Gasteiger charge is -2.18. The third kappa shape index (κ3) is 6.27. The smallest absolute Gasteiger partial charge is 0.409 e. The first-order valence-corrected chi connectivity index (χ1v) is 5.58. The van der Waals surface area contributed by atoms with Gasteiger partial charge >= 0.3 is 6.09 Å². The minimum absolute atomic E-state index is 0.0320. The summed E-state index contributed by atoms with van der Waals surface area (Å²) in [5, 5.41) is 0. The molecule has 0 aliphatic heterocycles. The maximum Gasteiger partial charge on any atom is 0.409 e. The van der Waals surface area contributed by atoms with Gasteiger partial charge in [0.15, 0.2) is 0 Å². The number of likely N-dealkylation sites (N-methyl/N-ethyl adjacent to an activating group) is 1. The van der Waals surface area contributed by atoms with Gasteiger partial charge in [0.25, 0.3) is 0 Å². The first kappa shape index (κ1) is 14.7. The Morgan fingerprint density at radius 3 is 2.25 bits per heavy atom. The Morgan fingerprint density at radius 1 is 1.12 bits per heavy atom. The van der Waals surface area contributed by atoms with Gasteiger partial charge in [-0.1, -0.05) is 13.3 Å². The molecule has 94 valence electrons. The van der Waals surface area contributed by atoms with Crippen molar-refractivity contribution in [3.63, 3.8) is 0 Å². The van der Waals surface area contributed by atoms with Crippen LogP contribution in [0.1, 0.15) is 26.7 Å². The Morgan fingerprint density at radius 2 is 1.75 bits per heavy atom. The second-order valence-electron chi connectivity index (χ2n) is 3.83. The standard InChI is InChI=1S/C11H22N2O3/c1-5-6-7-13(4)11(15)16-9-8-12(3)10(2)14/h5-9H2,1-4H3. The van der Waals surface area contributed by atoms with Crippen molar-refractivity contribution in [3.05, 3.63) is 0 Å². The quantitative estimate of drug-likeness (QED) is 0.691. The van der Waals surface area contributed by atoms with Crippen molar-refractivity contribution >= 4 is 12.0 Å². The first-order valence-electron chi connectivity index (χ1n) is 5.58. The molecule has 16 heavy (non-hydrogen) atoms. The van der Waals surface area contributed by atoms with Crippen LogP contribution in [0.15, 0.2) is 0 Å². The third-order valence-electron chi connectivity index (χ3n) is 2.35. The van der Waals surface area contributed by atoms with Crippen molar-refractivity contribution < 1.29 is 14.3 Å². The van der Waals surface area contributed by atoms with Crippen molar-refractivity contribution in [2.24, 2.45) is 0 Å². The molecule has 0 radical (unpaired) electrons. The largest absolute Gasteiger partial charge is 0.448 e. The summed E-state index contributed by atoms with van der Waals surface area (Å²) in [5.74, 6) is -0.0320. The summed E-state index contributed by atoms with van der Waals surface area (Å²) >= 11 is 0. The highest BCUT2D eigenvalue weighted by Crippen LogP contribution is 1.95. The number of amides is 2. The van der Waals surface area contributed by atoms with E-state index in [0.29, 0.717) is 13.1 Å². The molecule has 5 nitrogen and oxygen atoms in total. The van der Waals surface area contributed by atoms with E-state index >= 15 is 0 Å². The third-order valence-corrected chi connectivity index (χ3v) is 2.35. The van der Waals surface area contributed by atoms with Crippen LogP contribution >= 0.6 is 0 Å². The molecule has 0 fully saturated rings. The lowest BCUT2D eigenvalue weighted by Crippen LogP contribution is -2.32. The normalized spacial score (nSPS) is 9.75. The molecule has 0 aromatic rings. The molecule has 0 bridgehead atoms. The molecule has 0 aliphatic carbocycles. The second-order valence-corrected chi connectivity index (χ2v) is 3.83. The Labute approximate surface area is 97.3 Å². The molecule has 0 unspecified atom stereocenters. The number of hydrogen-bond acceptors (Lipinski definition) is 3. The summed E-state index contributed by atoms with van der Waals surface area (Å²) in [6.45, 7) is 4.93. The highest BCUT2D eigenvalue weighted by molar-refractivity contribution is 5.72. The molecule has 0 rings (SSSR count). The number of nitrogens with zero attached hydrogens (tertiary/aromatic N) is 2. The Balaban J connectivity index is 3.68.